The molecule has 0 saturated carbocycles. The number of rotatable bonds is 5. The molecule has 3 aliphatic rings. The zero-order valence-corrected chi connectivity index (χ0v) is 24.6. The number of carbonyl (C=O) groups is 2. The summed E-state index contributed by atoms with van der Waals surface area (Å²) in [4.78, 5) is 29.9. The zero-order valence-electron chi connectivity index (χ0n) is 23.0. The lowest BCUT2D eigenvalue weighted by molar-refractivity contribution is -0.119. The van der Waals surface area contributed by atoms with Gasteiger partial charge in [-0.2, -0.15) is 8.42 Å². The van der Waals surface area contributed by atoms with E-state index >= 15 is 0 Å². The number of hydrogen-bond donors (Lipinski definition) is 0. The minimum Gasteiger partial charge on any atom is -0.379 e. The summed E-state index contributed by atoms with van der Waals surface area (Å²) in [7, 11) is -4.20. The predicted octanol–water partition coefficient (Wildman–Crippen LogP) is 6.81. The first-order chi connectivity index (χ1) is 18.2. The van der Waals surface area contributed by atoms with E-state index in [9.17, 15) is 18.0 Å². The SMILES string of the molecule is CCN1C2=C(C(=O)CC(C)(C)C2)C(c2ccccc2OS(=O)(=O)c2ccc(Cl)cc2)C2=C1CC(C)(C)CC2=O. The number of halogens is 1. The molecule has 206 valence electrons. The fourth-order valence-electron chi connectivity index (χ4n) is 6.30. The van der Waals surface area contributed by atoms with Gasteiger partial charge < -0.3 is 9.08 Å². The summed E-state index contributed by atoms with van der Waals surface area (Å²) in [5.74, 6) is -0.605. The lowest BCUT2D eigenvalue weighted by Gasteiger charge is -2.49. The number of allylic oxidation sites excluding steroid dienone is 4. The predicted molar refractivity (Wildman–Crippen MR) is 151 cm³/mol. The molecule has 0 bridgehead atoms. The lowest BCUT2D eigenvalue weighted by Crippen LogP contribution is -2.44. The highest BCUT2D eigenvalue weighted by atomic mass is 35.5. The molecule has 0 unspecified atom stereocenters. The summed E-state index contributed by atoms with van der Waals surface area (Å²) in [5.41, 5.74) is 3.09. The Kier molecular flexibility index (Phi) is 6.83. The van der Waals surface area contributed by atoms with Crippen LogP contribution >= 0.6 is 11.6 Å². The van der Waals surface area contributed by atoms with E-state index in [1.54, 1.807) is 24.3 Å². The van der Waals surface area contributed by atoms with Crippen molar-refractivity contribution in [2.24, 2.45) is 10.8 Å². The van der Waals surface area contributed by atoms with Crippen LogP contribution in [0.3, 0.4) is 0 Å². The van der Waals surface area contributed by atoms with Crippen molar-refractivity contribution in [1.82, 2.24) is 4.90 Å². The summed E-state index contributed by atoms with van der Waals surface area (Å²) in [5, 5.41) is 0.411. The van der Waals surface area contributed by atoms with Crippen LogP contribution in [0, 0.1) is 10.8 Å². The van der Waals surface area contributed by atoms with Gasteiger partial charge in [-0.3, -0.25) is 9.59 Å². The fraction of sp³-hybridized carbons (Fsp3) is 0.419. The number of hydrogen-bond acceptors (Lipinski definition) is 6. The largest absolute Gasteiger partial charge is 0.379 e. The van der Waals surface area contributed by atoms with Gasteiger partial charge in [-0.05, 0) is 60.9 Å². The molecule has 0 spiro atoms. The highest BCUT2D eigenvalue weighted by molar-refractivity contribution is 7.87. The van der Waals surface area contributed by atoms with Crippen LogP contribution in [0.2, 0.25) is 5.02 Å². The number of benzene rings is 2. The third kappa shape index (κ3) is 5.07. The van der Waals surface area contributed by atoms with Crippen molar-refractivity contribution in [3.8, 4) is 5.75 Å². The minimum atomic E-state index is -4.20. The number of carbonyl (C=O) groups excluding carboxylic acids is 2. The zero-order chi connectivity index (χ0) is 28.3. The molecule has 0 N–H and O–H groups in total. The lowest BCUT2D eigenvalue weighted by atomic mass is 9.63. The Balaban J connectivity index is 1.72. The Morgan fingerprint density at radius 2 is 1.36 bits per heavy atom. The second-order valence-corrected chi connectivity index (χ2v) is 14.3. The van der Waals surface area contributed by atoms with E-state index in [-0.39, 0.29) is 33.0 Å². The van der Waals surface area contributed by atoms with E-state index in [2.05, 4.69) is 32.6 Å². The van der Waals surface area contributed by atoms with Crippen molar-refractivity contribution < 1.29 is 22.2 Å². The van der Waals surface area contributed by atoms with Crippen molar-refractivity contribution in [3.63, 3.8) is 0 Å². The van der Waals surface area contributed by atoms with Crippen molar-refractivity contribution in [1.29, 1.82) is 0 Å². The summed E-state index contributed by atoms with van der Waals surface area (Å²) >= 11 is 5.96. The molecule has 0 fully saturated rings. The van der Waals surface area contributed by atoms with Gasteiger partial charge in [0.05, 0.1) is 0 Å². The number of Topliss-reactive ketones (excluding diaryl/α,β-unsaturated/α-hetero) is 2. The highest BCUT2D eigenvalue weighted by Gasteiger charge is 2.49. The van der Waals surface area contributed by atoms with Crippen molar-refractivity contribution in [2.75, 3.05) is 6.54 Å². The van der Waals surface area contributed by atoms with Crippen LogP contribution in [0.25, 0.3) is 0 Å². The average Bonchev–Trinajstić information content (AvgIpc) is 2.82. The maximum absolute atomic E-state index is 13.9. The number of nitrogens with zero attached hydrogens (tertiary/aromatic N) is 1. The molecular formula is C31H34ClNO5S. The third-order valence-electron chi connectivity index (χ3n) is 7.87. The molecule has 39 heavy (non-hydrogen) atoms. The van der Waals surface area contributed by atoms with Crippen LogP contribution in [0.15, 0.2) is 76.0 Å². The van der Waals surface area contributed by atoms with Gasteiger partial charge in [0.15, 0.2) is 11.6 Å². The molecule has 2 aliphatic carbocycles. The molecule has 0 amide bonds. The Morgan fingerprint density at radius 3 is 1.87 bits per heavy atom. The summed E-state index contributed by atoms with van der Waals surface area (Å²) < 4.78 is 32.3. The Labute approximate surface area is 235 Å². The molecule has 8 heteroatoms. The standard InChI is InChI=1S/C31H34ClNO5S/c1-6-33-22-15-30(2,3)17-24(34)28(22)27(29-23(33)16-31(4,5)18-25(29)35)21-9-7-8-10-26(21)38-39(36,37)20-13-11-19(32)12-14-20/h7-14,27H,6,15-18H2,1-5H3. The monoisotopic (exact) mass is 567 g/mol. The van der Waals surface area contributed by atoms with Gasteiger partial charge in [-0.25, -0.2) is 0 Å². The van der Waals surface area contributed by atoms with Gasteiger partial charge in [-0.15, -0.1) is 0 Å². The van der Waals surface area contributed by atoms with E-state index in [0.717, 1.165) is 11.4 Å². The fourth-order valence-corrected chi connectivity index (χ4v) is 7.38. The molecule has 1 aliphatic heterocycles. The molecule has 2 aromatic rings. The van der Waals surface area contributed by atoms with Gasteiger partial charge in [0.25, 0.3) is 0 Å². The maximum Gasteiger partial charge on any atom is 0.339 e. The first kappa shape index (κ1) is 27.7. The van der Waals surface area contributed by atoms with E-state index in [1.807, 2.05) is 6.92 Å². The van der Waals surface area contributed by atoms with Crippen LogP contribution in [0.5, 0.6) is 5.75 Å². The van der Waals surface area contributed by atoms with Crippen molar-refractivity contribution >= 4 is 33.3 Å². The van der Waals surface area contributed by atoms with Crippen LogP contribution in [-0.2, 0) is 19.7 Å². The minimum absolute atomic E-state index is 0.00996. The van der Waals surface area contributed by atoms with Gasteiger partial charge in [0.1, 0.15) is 10.6 Å². The quantitative estimate of drug-likeness (QED) is 0.369. The Bertz CT molecular complexity index is 1480. The molecule has 1 heterocycles. The van der Waals surface area contributed by atoms with Gasteiger partial charge >= 0.3 is 10.1 Å². The number of para-hydroxylation sites is 1. The molecule has 6 nitrogen and oxygen atoms in total. The second-order valence-electron chi connectivity index (χ2n) is 12.3. The van der Waals surface area contributed by atoms with Crippen LogP contribution in [0.1, 0.15) is 71.8 Å². The normalized spacial score (nSPS) is 21.1. The third-order valence-corrected chi connectivity index (χ3v) is 9.37. The van der Waals surface area contributed by atoms with Crippen molar-refractivity contribution in [3.05, 3.63) is 81.7 Å². The van der Waals surface area contributed by atoms with E-state index in [1.165, 1.54) is 24.3 Å². The molecule has 0 atom stereocenters. The second kappa shape index (κ2) is 9.63. The highest BCUT2D eigenvalue weighted by Crippen LogP contribution is 2.55. The van der Waals surface area contributed by atoms with Gasteiger partial charge in [0.2, 0.25) is 0 Å². The van der Waals surface area contributed by atoms with E-state index in [4.69, 9.17) is 15.8 Å². The molecular weight excluding hydrogens is 534 g/mol. The average molecular weight is 568 g/mol. The van der Waals surface area contributed by atoms with Crippen LogP contribution < -0.4 is 4.18 Å². The van der Waals surface area contributed by atoms with E-state index < -0.39 is 16.0 Å². The van der Waals surface area contributed by atoms with Gasteiger partial charge in [0, 0.05) is 58.4 Å². The number of ketones is 2. The molecule has 0 saturated heterocycles. The molecule has 5 rings (SSSR count). The van der Waals surface area contributed by atoms with Gasteiger partial charge in [-0.1, -0.05) is 57.5 Å². The summed E-state index contributed by atoms with van der Waals surface area (Å²) in [6.07, 6.45) is 2.09. The summed E-state index contributed by atoms with van der Waals surface area (Å²) in [6, 6.07) is 12.6. The Hall–Kier alpha value is -2.90. The molecule has 0 radical (unpaired) electrons. The van der Waals surface area contributed by atoms with E-state index in [0.29, 0.717) is 54.0 Å². The van der Waals surface area contributed by atoms with Crippen molar-refractivity contribution in [2.45, 2.75) is 71.1 Å². The summed E-state index contributed by atoms with van der Waals surface area (Å²) in [6.45, 7) is 11.0. The van der Waals surface area contributed by atoms with Crippen LogP contribution in [-0.4, -0.2) is 31.4 Å². The maximum atomic E-state index is 13.9. The molecule has 2 aromatic carbocycles. The Morgan fingerprint density at radius 1 is 0.846 bits per heavy atom. The smallest absolute Gasteiger partial charge is 0.339 e. The molecule has 0 aromatic heterocycles. The van der Waals surface area contributed by atoms with Crippen LogP contribution in [0.4, 0.5) is 0 Å². The first-order valence-corrected chi connectivity index (χ1v) is 15.1. The topological polar surface area (TPSA) is 80.8 Å². The first-order valence-electron chi connectivity index (χ1n) is 13.3.